The quantitative estimate of drug-likeness (QED) is 0.778. The van der Waals surface area contributed by atoms with Crippen molar-refractivity contribution in [1.29, 1.82) is 0 Å². The molecule has 1 aromatic heterocycles. The van der Waals surface area contributed by atoms with Crippen LogP contribution in [-0.4, -0.2) is 29.1 Å². The second kappa shape index (κ2) is 7.34. The predicted octanol–water partition coefficient (Wildman–Crippen LogP) is 2.05. The summed E-state index contributed by atoms with van der Waals surface area (Å²) in [6.07, 6.45) is 1.42. The Morgan fingerprint density at radius 3 is 2.89 bits per heavy atom. The lowest BCUT2D eigenvalue weighted by Gasteiger charge is -2.11. The van der Waals surface area contributed by atoms with Gasteiger partial charge in [-0.2, -0.15) is 0 Å². The lowest BCUT2D eigenvalue weighted by Crippen LogP contribution is -2.28. The summed E-state index contributed by atoms with van der Waals surface area (Å²) in [6.45, 7) is 4.62. The molecule has 1 heterocycles. The summed E-state index contributed by atoms with van der Waals surface area (Å²) in [4.78, 5) is 16.0. The van der Waals surface area contributed by atoms with Crippen molar-refractivity contribution in [3.8, 4) is 0 Å². The molecule has 4 nitrogen and oxygen atoms in total. The van der Waals surface area contributed by atoms with E-state index in [-0.39, 0.29) is 18.4 Å². The fraction of sp³-hybridized carbons (Fsp3) is 0.538. The molecule has 0 saturated heterocycles. The maximum absolute atomic E-state index is 11.9. The van der Waals surface area contributed by atoms with Gasteiger partial charge in [0.2, 0.25) is 0 Å². The molecular weight excluding hydrogens is 252 g/mol. The Balaban J connectivity index is 2.63. The number of amides is 1. The van der Waals surface area contributed by atoms with E-state index in [4.69, 9.17) is 16.7 Å². The third kappa shape index (κ3) is 4.63. The number of aryl methyl sites for hydroxylation is 1. The number of pyridine rings is 1. The van der Waals surface area contributed by atoms with Gasteiger partial charge in [-0.05, 0) is 30.9 Å². The van der Waals surface area contributed by atoms with Crippen LogP contribution in [0.5, 0.6) is 0 Å². The van der Waals surface area contributed by atoms with Crippen molar-refractivity contribution < 1.29 is 9.90 Å². The van der Waals surface area contributed by atoms with Gasteiger partial charge in [0.1, 0.15) is 5.15 Å². The van der Waals surface area contributed by atoms with Crippen LogP contribution in [0.25, 0.3) is 0 Å². The van der Waals surface area contributed by atoms with Crippen LogP contribution < -0.4 is 5.32 Å². The van der Waals surface area contributed by atoms with E-state index in [1.165, 1.54) is 0 Å². The summed E-state index contributed by atoms with van der Waals surface area (Å²) >= 11 is 5.86. The van der Waals surface area contributed by atoms with Crippen LogP contribution in [0, 0.1) is 5.92 Å². The van der Waals surface area contributed by atoms with E-state index in [1.54, 1.807) is 12.1 Å². The minimum Gasteiger partial charge on any atom is -0.396 e. The third-order valence-electron chi connectivity index (χ3n) is 2.70. The Labute approximate surface area is 112 Å². The summed E-state index contributed by atoms with van der Waals surface area (Å²) in [5, 5.41) is 11.9. The van der Waals surface area contributed by atoms with E-state index in [9.17, 15) is 4.79 Å². The van der Waals surface area contributed by atoms with Crippen LogP contribution in [0.1, 0.15) is 36.3 Å². The Morgan fingerprint density at radius 2 is 2.28 bits per heavy atom. The van der Waals surface area contributed by atoms with Gasteiger partial charge in [-0.15, -0.1) is 0 Å². The molecule has 1 aromatic rings. The molecule has 0 bridgehead atoms. The molecule has 1 unspecified atom stereocenters. The largest absolute Gasteiger partial charge is 0.396 e. The first-order valence-electron chi connectivity index (χ1n) is 6.12. The van der Waals surface area contributed by atoms with Crippen molar-refractivity contribution in [3.63, 3.8) is 0 Å². The number of halogens is 1. The molecule has 0 saturated carbocycles. The molecule has 0 aliphatic rings. The van der Waals surface area contributed by atoms with Gasteiger partial charge < -0.3 is 10.4 Å². The first-order valence-corrected chi connectivity index (χ1v) is 6.50. The van der Waals surface area contributed by atoms with Crippen molar-refractivity contribution in [2.24, 2.45) is 5.92 Å². The van der Waals surface area contributed by atoms with Crippen LogP contribution in [0.4, 0.5) is 0 Å². The molecule has 5 heteroatoms. The zero-order chi connectivity index (χ0) is 13.5. The van der Waals surface area contributed by atoms with Gasteiger partial charge in [-0.25, -0.2) is 4.98 Å². The van der Waals surface area contributed by atoms with E-state index in [1.807, 2.05) is 13.8 Å². The number of hydrogen-bond donors (Lipinski definition) is 2. The zero-order valence-electron chi connectivity index (χ0n) is 10.7. The van der Waals surface area contributed by atoms with Gasteiger partial charge in [0.05, 0.1) is 0 Å². The van der Waals surface area contributed by atoms with Gasteiger partial charge >= 0.3 is 0 Å². The topological polar surface area (TPSA) is 62.2 Å². The Kier molecular flexibility index (Phi) is 6.09. The molecule has 0 aliphatic carbocycles. The van der Waals surface area contributed by atoms with E-state index in [0.29, 0.717) is 23.7 Å². The molecule has 0 spiro atoms. The molecule has 0 aromatic carbocycles. The maximum atomic E-state index is 11.9. The highest BCUT2D eigenvalue weighted by atomic mass is 35.5. The number of aliphatic hydroxyl groups is 1. The lowest BCUT2D eigenvalue weighted by atomic mass is 10.1. The standard InChI is InChI=1S/C13H19ClN2O2/c1-3-11-6-10(7-12(14)16-11)13(18)15-8-9(2)4-5-17/h6-7,9,17H,3-5,8H2,1-2H3,(H,15,18). The van der Waals surface area contributed by atoms with Crippen LogP contribution in [-0.2, 0) is 6.42 Å². The Hall–Kier alpha value is -1.13. The number of nitrogens with zero attached hydrogens (tertiary/aromatic N) is 1. The molecule has 0 fully saturated rings. The second-order valence-corrected chi connectivity index (χ2v) is 4.74. The summed E-state index contributed by atoms with van der Waals surface area (Å²) in [7, 11) is 0. The average Bonchev–Trinajstić information content (AvgIpc) is 2.35. The van der Waals surface area contributed by atoms with E-state index >= 15 is 0 Å². The molecule has 18 heavy (non-hydrogen) atoms. The number of carbonyl (C=O) groups is 1. The highest BCUT2D eigenvalue weighted by molar-refractivity contribution is 6.29. The monoisotopic (exact) mass is 270 g/mol. The van der Waals surface area contributed by atoms with Crippen LogP contribution in [0.3, 0.4) is 0 Å². The molecule has 100 valence electrons. The molecule has 0 radical (unpaired) electrons. The Bertz CT molecular complexity index is 410. The smallest absolute Gasteiger partial charge is 0.251 e. The van der Waals surface area contributed by atoms with Crippen LogP contribution >= 0.6 is 11.6 Å². The molecule has 1 amide bonds. The number of rotatable bonds is 6. The van der Waals surface area contributed by atoms with E-state index in [2.05, 4.69) is 10.3 Å². The summed E-state index contributed by atoms with van der Waals surface area (Å²) in [5.74, 6) is 0.0979. The number of aromatic nitrogens is 1. The fourth-order valence-corrected chi connectivity index (χ4v) is 1.78. The summed E-state index contributed by atoms with van der Waals surface area (Å²) < 4.78 is 0. The van der Waals surface area contributed by atoms with Crippen LogP contribution in [0.15, 0.2) is 12.1 Å². The minimum absolute atomic E-state index is 0.137. The van der Waals surface area contributed by atoms with E-state index in [0.717, 1.165) is 12.1 Å². The second-order valence-electron chi connectivity index (χ2n) is 4.35. The number of nitrogens with one attached hydrogen (secondary N) is 1. The number of carbonyl (C=O) groups excluding carboxylic acids is 1. The van der Waals surface area contributed by atoms with Gasteiger partial charge in [0, 0.05) is 24.4 Å². The average molecular weight is 271 g/mol. The first kappa shape index (κ1) is 14.9. The van der Waals surface area contributed by atoms with Gasteiger partial charge in [0.25, 0.3) is 5.91 Å². The van der Waals surface area contributed by atoms with Gasteiger partial charge in [-0.1, -0.05) is 25.4 Å². The first-order chi connectivity index (χ1) is 8.56. The van der Waals surface area contributed by atoms with Crippen molar-refractivity contribution >= 4 is 17.5 Å². The molecule has 2 N–H and O–H groups in total. The van der Waals surface area contributed by atoms with E-state index < -0.39 is 0 Å². The highest BCUT2D eigenvalue weighted by Gasteiger charge is 2.10. The normalized spacial score (nSPS) is 12.2. The van der Waals surface area contributed by atoms with Gasteiger partial charge in [0.15, 0.2) is 0 Å². The van der Waals surface area contributed by atoms with Crippen molar-refractivity contribution in [3.05, 3.63) is 28.5 Å². The SMILES string of the molecule is CCc1cc(C(=O)NCC(C)CCO)cc(Cl)n1. The fourth-order valence-electron chi connectivity index (χ4n) is 1.55. The molecular formula is C13H19ClN2O2. The zero-order valence-corrected chi connectivity index (χ0v) is 11.5. The summed E-state index contributed by atoms with van der Waals surface area (Å²) in [6, 6.07) is 3.31. The predicted molar refractivity (Wildman–Crippen MR) is 71.8 cm³/mol. The lowest BCUT2D eigenvalue weighted by molar-refractivity contribution is 0.0945. The Morgan fingerprint density at radius 1 is 1.56 bits per heavy atom. The third-order valence-corrected chi connectivity index (χ3v) is 2.90. The highest BCUT2D eigenvalue weighted by Crippen LogP contribution is 2.11. The molecule has 0 aliphatic heterocycles. The van der Waals surface area contributed by atoms with Crippen molar-refractivity contribution in [1.82, 2.24) is 10.3 Å². The number of hydrogen-bond acceptors (Lipinski definition) is 3. The van der Waals surface area contributed by atoms with Crippen molar-refractivity contribution in [2.75, 3.05) is 13.2 Å². The number of aliphatic hydroxyl groups excluding tert-OH is 1. The maximum Gasteiger partial charge on any atom is 0.251 e. The minimum atomic E-state index is -0.154. The molecule has 1 rings (SSSR count). The van der Waals surface area contributed by atoms with Gasteiger partial charge in [-0.3, -0.25) is 4.79 Å². The van der Waals surface area contributed by atoms with Crippen LogP contribution in [0.2, 0.25) is 5.15 Å². The molecule has 1 atom stereocenters. The van der Waals surface area contributed by atoms with Crippen molar-refractivity contribution in [2.45, 2.75) is 26.7 Å². The summed E-state index contributed by atoms with van der Waals surface area (Å²) in [5.41, 5.74) is 1.33.